The first kappa shape index (κ1) is 36.5. The van der Waals surface area contributed by atoms with Crippen molar-refractivity contribution in [3.05, 3.63) is 243 Å². The number of rotatable bonds is 8. The van der Waals surface area contributed by atoms with E-state index in [2.05, 4.69) is 240 Å². The lowest BCUT2D eigenvalue weighted by atomic mass is 9.97. The molecule has 0 N–H and O–H groups in total. The molecule has 3 nitrogen and oxygen atoms in total. The third kappa shape index (κ3) is 6.38. The molecule has 0 amide bonds. The Morgan fingerprint density at radius 1 is 0.317 bits per heavy atom. The Labute approximate surface area is 366 Å². The van der Waals surface area contributed by atoms with Gasteiger partial charge in [0, 0.05) is 38.5 Å². The smallest absolute Gasteiger partial charge is 0.159 e. The Morgan fingerprint density at radius 3 is 1.57 bits per heavy atom. The second kappa shape index (κ2) is 15.3. The molecular weight excluding hydrogens is 765 g/mol. The molecule has 296 valence electrons. The van der Waals surface area contributed by atoms with Gasteiger partial charge in [-0.25, -0.2) is 0 Å². The van der Waals surface area contributed by atoms with E-state index >= 15 is 0 Å². The summed E-state index contributed by atoms with van der Waals surface area (Å²) in [7, 11) is 0. The first-order valence-electron chi connectivity index (χ1n) is 21.5. The van der Waals surface area contributed by atoms with Gasteiger partial charge in [0.2, 0.25) is 0 Å². The van der Waals surface area contributed by atoms with E-state index in [0.29, 0.717) is 0 Å². The number of fused-ring (bicyclic) bond motifs is 6. The summed E-state index contributed by atoms with van der Waals surface area (Å²) in [6.45, 7) is 0. The normalized spacial score (nSPS) is 11.5. The molecule has 0 saturated heterocycles. The van der Waals surface area contributed by atoms with Crippen LogP contribution in [0.4, 0.5) is 17.1 Å². The highest BCUT2D eigenvalue weighted by atomic mass is 16.3. The molecule has 0 spiro atoms. The van der Waals surface area contributed by atoms with E-state index in [1.165, 1.54) is 44.1 Å². The fourth-order valence-electron chi connectivity index (χ4n) is 9.41. The number of para-hydroxylation sites is 5. The lowest BCUT2D eigenvalue weighted by Crippen LogP contribution is -2.10. The highest BCUT2D eigenvalue weighted by Crippen LogP contribution is 2.44. The summed E-state index contributed by atoms with van der Waals surface area (Å²) in [4.78, 5) is 2.33. The van der Waals surface area contributed by atoms with Gasteiger partial charge in [0.15, 0.2) is 5.58 Å². The van der Waals surface area contributed by atoms with Crippen molar-refractivity contribution >= 4 is 60.8 Å². The van der Waals surface area contributed by atoms with Crippen LogP contribution in [-0.2, 0) is 0 Å². The quantitative estimate of drug-likeness (QED) is 0.153. The minimum atomic E-state index is 0.856. The Balaban J connectivity index is 0.944. The molecule has 0 saturated carbocycles. The van der Waals surface area contributed by atoms with Gasteiger partial charge in [0.25, 0.3) is 0 Å². The van der Waals surface area contributed by atoms with E-state index in [1.807, 2.05) is 12.1 Å². The zero-order chi connectivity index (χ0) is 41.7. The summed E-state index contributed by atoms with van der Waals surface area (Å²) in [6.07, 6.45) is 0. The molecule has 63 heavy (non-hydrogen) atoms. The minimum absolute atomic E-state index is 0.856. The van der Waals surface area contributed by atoms with E-state index in [0.717, 1.165) is 66.9 Å². The van der Waals surface area contributed by atoms with E-state index in [1.54, 1.807) is 0 Å². The number of anilines is 3. The molecular formula is C60H40N2O. The molecule has 0 fully saturated rings. The zero-order valence-electron chi connectivity index (χ0n) is 34.4. The van der Waals surface area contributed by atoms with Crippen LogP contribution in [0.15, 0.2) is 247 Å². The van der Waals surface area contributed by atoms with Gasteiger partial charge < -0.3 is 13.9 Å². The van der Waals surface area contributed by atoms with Crippen molar-refractivity contribution in [3.8, 4) is 50.2 Å². The van der Waals surface area contributed by atoms with Crippen LogP contribution < -0.4 is 4.90 Å². The maximum Gasteiger partial charge on any atom is 0.159 e. The van der Waals surface area contributed by atoms with Gasteiger partial charge in [-0.1, -0.05) is 182 Å². The predicted octanol–water partition coefficient (Wildman–Crippen LogP) is 16.8. The predicted molar refractivity (Wildman–Crippen MR) is 264 cm³/mol. The molecule has 0 aliphatic carbocycles. The summed E-state index contributed by atoms with van der Waals surface area (Å²) in [5.41, 5.74) is 17.7. The van der Waals surface area contributed by atoms with Gasteiger partial charge in [-0.2, -0.15) is 0 Å². The van der Waals surface area contributed by atoms with Crippen molar-refractivity contribution in [1.82, 2.24) is 4.57 Å². The highest BCUT2D eigenvalue weighted by molar-refractivity contribution is 6.11. The van der Waals surface area contributed by atoms with Crippen LogP contribution in [0.5, 0.6) is 0 Å². The van der Waals surface area contributed by atoms with Crippen molar-refractivity contribution in [3.63, 3.8) is 0 Å². The molecule has 2 aromatic heterocycles. The van der Waals surface area contributed by atoms with Crippen molar-refractivity contribution in [2.24, 2.45) is 0 Å². The second-order valence-corrected chi connectivity index (χ2v) is 16.1. The molecule has 3 heteroatoms. The number of aromatic nitrogens is 1. The summed E-state index contributed by atoms with van der Waals surface area (Å²) < 4.78 is 9.08. The number of hydrogen-bond acceptors (Lipinski definition) is 2. The van der Waals surface area contributed by atoms with Gasteiger partial charge in [-0.15, -0.1) is 0 Å². The third-order valence-corrected chi connectivity index (χ3v) is 12.4. The lowest BCUT2D eigenvalue weighted by molar-refractivity contribution is 0.669. The molecule has 12 aromatic rings. The van der Waals surface area contributed by atoms with Gasteiger partial charge in [-0.3, -0.25) is 0 Å². The molecule has 0 radical (unpaired) electrons. The van der Waals surface area contributed by atoms with Crippen LogP contribution in [0.1, 0.15) is 0 Å². The minimum Gasteiger partial charge on any atom is -0.454 e. The average Bonchev–Trinajstić information content (AvgIpc) is 3.91. The van der Waals surface area contributed by atoms with Crippen molar-refractivity contribution in [2.75, 3.05) is 4.90 Å². The maximum absolute atomic E-state index is 6.67. The monoisotopic (exact) mass is 804 g/mol. The van der Waals surface area contributed by atoms with Gasteiger partial charge >= 0.3 is 0 Å². The summed E-state index contributed by atoms with van der Waals surface area (Å²) in [6, 6.07) is 87.0. The topological polar surface area (TPSA) is 21.3 Å². The van der Waals surface area contributed by atoms with E-state index < -0.39 is 0 Å². The standard InChI is InChI=1S/C60H40N2O/c1-2-15-41(16-3-1)42-31-33-43(34-32-42)46-18-13-20-49(40-46)61(58-29-14-25-54-53-24-7-11-30-59(53)63-60(54)58)48-37-35-44(36-38-48)45-17-12-19-47(39-45)50-21-4-8-26-55(50)62-56-27-9-5-22-51(56)52-23-6-10-28-57(52)62/h1-40H. The molecule has 2 heterocycles. The second-order valence-electron chi connectivity index (χ2n) is 16.1. The summed E-state index contributed by atoms with van der Waals surface area (Å²) in [5, 5.41) is 4.71. The first-order valence-corrected chi connectivity index (χ1v) is 21.5. The van der Waals surface area contributed by atoms with Crippen LogP contribution in [0.25, 0.3) is 93.9 Å². The SMILES string of the molecule is c1ccc(-c2ccc(-c3cccc(N(c4ccc(-c5cccc(-c6ccccc6-n6c7ccccc7c7ccccc76)c5)cc4)c4cccc5c4oc4ccccc45)c3)cc2)cc1. The Bertz CT molecular complexity index is 3560. The summed E-state index contributed by atoms with van der Waals surface area (Å²) in [5.74, 6) is 0. The van der Waals surface area contributed by atoms with E-state index in [9.17, 15) is 0 Å². The van der Waals surface area contributed by atoms with Crippen LogP contribution >= 0.6 is 0 Å². The van der Waals surface area contributed by atoms with Crippen LogP contribution in [-0.4, -0.2) is 4.57 Å². The summed E-state index contributed by atoms with van der Waals surface area (Å²) >= 11 is 0. The number of hydrogen-bond donors (Lipinski definition) is 0. The Kier molecular flexibility index (Phi) is 8.83. The van der Waals surface area contributed by atoms with Crippen molar-refractivity contribution < 1.29 is 4.42 Å². The van der Waals surface area contributed by atoms with Gasteiger partial charge in [0.05, 0.1) is 22.4 Å². The first-order chi connectivity index (χ1) is 31.2. The number of benzene rings is 10. The molecule has 12 rings (SSSR count). The molecule has 0 atom stereocenters. The third-order valence-electron chi connectivity index (χ3n) is 12.4. The van der Waals surface area contributed by atoms with Crippen LogP contribution in [0.2, 0.25) is 0 Å². The Morgan fingerprint density at radius 2 is 0.825 bits per heavy atom. The fourth-order valence-corrected chi connectivity index (χ4v) is 9.41. The molecule has 0 unspecified atom stereocenters. The number of furan rings is 1. The zero-order valence-corrected chi connectivity index (χ0v) is 34.4. The van der Waals surface area contributed by atoms with E-state index in [-0.39, 0.29) is 0 Å². The average molecular weight is 805 g/mol. The molecule has 0 aliphatic rings. The molecule has 0 bridgehead atoms. The molecule has 0 aliphatic heterocycles. The lowest BCUT2D eigenvalue weighted by Gasteiger charge is -2.26. The van der Waals surface area contributed by atoms with Crippen LogP contribution in [0, 0.1) is 0 Å². The fraction of sp³-hybridized carbons (Fsp3) is 0. The number of nitrogens with zero attached hydrogens (tertiary/aromatic N) is 2. The van der Waals surface area contributed by atoms with Crippen molar-refractivity contribution in [1.29, 1.82) is 0 Å². The van der Waals surface area contributed by atoms with Gasteiger partial charge in [0.1, 0.15) is 5.58 Å². The van der Waals surface area contributed by atoms with Crippen molar-refractivity contribution in [2.45, 2.75) is 0 Å². The largest absolute Gasteiger partial charge is 0.454 e. The van der Waals surface area contributed by atoms with Crippen LogP contribution in [0.3, 0.4) is 0 Å². The highest BCUT2D eigenvalue weighted by Gasteiger charge is 2.21. The van der Waals surface area contributed by atoms with Gasteiger partial charge in [-0.05, 0) is 99.6 Å². The molecule has 10 aromatic carbocycles. The Hall–Kier alpha value is -8.40. The maximum atomic E-state index is 6.67. The van der Waals surface area contributed by atoms with E-state index in [4.69, 9.17) is 4.42 Å².